The van der Waals surface area contributed by atoms with Crippen LogP contribution < -0.4 is 0 Å². The van der Waals surface area contributed by atoms with Crippen LogP contribution in [0.15, 0.2) is 30.3 Å². The highest BCUT2D eigenvalue weighted by molar-refractivity contribution is 8.75. The molecule has 16 heavy (non-hydrogen) atoms. The number of carbonyl (C=O) groups excluding carboxylic acids is 1. The van der Waals surface area contributed by atoms with Gasteiger partial charge in [-0.25, -0.2) is 4.79 Å². The summed E-state index contributed by atoms with van der Waals surface area (Å²) in [5.74, 6) is -0.396. The molecule has 1 aromatic rings. The molecule has 0 aliphatic carbocycles. The van der Waals surface area contributed by atoms with Gasteiger partial charge in [0.15, 0.2) is 0 Å². The molecular weight excluding hydrogens is 242 g/mol. The Kier molecular flexibility index (Phi) is 4.71. The molecule has 0 saturated carbocycles. The molecule has 0 radical (unpaired) electrons. The van der Waals surface area contributed by atoms with Gasteiger partial charge in [0.1, 0.15) is 15.8 Å². The molecular formula is C11H11NO2S2. The van der Waals surface area contributed by atoms with Crippen molar-refractivity contribution in [1.29, 1.82) is 5.26 Å². The standard InChI is InChI=1S/C11H11NO2S2/c1-11(2,8-12)15-16-14-10(13)9-6-4-3-5-7-9/h3-7H,1-2H3. The maximum atomic E-state index is 11.5. The van der Waals surface area contributed by atoms with E-state index in [0.29, 0.717) is 5.56 Å². The van der Waals surface area contributed by atoms with Crippen molar-refractivity contribution >= 4 is 27.8 Å². The van der Waals surface area contributed by atoms with Gasteiger partial charge in [-0.3, -0.25) is 0 Å². The van der Waals surface area contributed by atoms with Crippen LogP contribution in [0, 0.1) is 11.3 Å². The fourth-order valence-electron chi connectivity index (χ4n) is 0.774. The number of rotatable bonds is 4. The normalized spacial score (nSPS) is 10.6. The van der Waals surface area contributed by atoms with Gasteiger partial charge in [-0.1, -0.05) is 18.2 Å². The summed E-state index contributed by atoms with van der Waals surface area (Å²) in [5.41, 5.74) is 0.505. The molecule has 0 bridgehead atoms. The number of hydrogen-bond donors (Lipinski definition) is 0. The summed E-state index contributed by atoms with van der Waals surface area (Å²) in [4.78, 5) is 11.5. The third kappa shape index (κ3) is 4.17. The van der Waals surface area contributed by atoms with Crippen LogP contribution in [0.25, 0.3) is 0 Å². The highest BCUT2D eigenvalue weighted by Gasteiger charge is 2.19. The summed E-state index contributed by atoms with van der Waals surface area (Å²) in [6.45, 7) is 3.53. The van der Waals surface area contributed by atoms with Crippen molar-refractivity contribution in [2.24, 2.45) is 0 Å². The molecule has 0 aliphatic heterocycles. The van der Waals surface area contributed by atoms with Crippen molar-refractivity contribution in [2.45, 2.75) is 18.6 Å². The number of carbonyl (C=O) groups is 1. The van der Waals surface area contributed by atoms with E-state index in [1.54, 1.807) is 38.1 Å². The number of benzene rings is 1. The second-order valence-corrected chi connectivity index (χ2v) is 5.91. The van der Waals surface area contributed by atoms with E-state index in [0.717, 1.165) is 11.1 Å². The zero-order chi connectivity index (χ0) is 12.0. The van der Waals surface area contributed by atoms with Gasteiger partial charge in [0.25, 0.3) is 0 Å². The summed E-state index contributed by atoms with van der Waals surface area (Å²) in [6.07, 6.45) is 0. The molecule has 1 rings (SSSR count). The molecule has 0 N–H and O–H groups in total. The summed E-state index contributed by atoms with van der Waals surface area (Å²) in [6, 6.07) is 10.8. The maximum Gasteiger partial charge on any atom is 0.350 e. The SMILES string of the molecule is CC(C)(C#N)SSOC(=O)c1ccccc1. The van der Waals surface area contributed by atoms with Crippen molar-refractivity contribution in [3.05, 3.63) is 35.9 Å². The lowest BCUT2D eigenvalue weighted by Crippen LogP contribution is -2.09. The molecule has 0 amide bonds. The summed E-state index contributed by atoms with van der Waals surface area (Å²) in [7, 11) is 1.21. The van der Waals surface area contributed by atoms with Gasteiger partial charge < -0.3 is 4.18 Å². The summed E-state index contributed by atoms with van der Waals surface area (Å²) < 4.78 is 4.39. The van der Waals surface area contributed by atoms with E-state index in [2.05, 4.69) is 6.07 Å². The Bertz CT molecular complexity index is 398. The monoisotopic (exact) mass is 253 g/mol. The lowest BCUT2D eigenvalue weighted by atomic mass is 10.2. The van der Waals surface area contributed by atoms with Crippen LogP contribution >= 0.6 is 21.9 Å². The highest BCUT2D eigenvalue weighted by atomic mass is 33.1. The molecule has 5 heteroatoms. The Morgan fingerprint density at radius 2 is 2.00 bits per heavy atom. The van der Waals surface area contributed by atoms with E-state index in [9.17, 15) is 4.79 Å². The maximum absolute atomic E-state index is 11.5. The molecule has 0 aromatic heterocycles. The van der Waals surface area contributed by atoms with E-state index in [4.69, 9.17) is 9.44 Å². The largest absolute Gasteiger partial charge is 0.376 e. The van der Waals surface area contributed by atoms with E-state index in [1.165, 1.54) is 10.8 Å². The van der Waals surface area contributed by atoms with Crippen LogP contribution in [0.1, 0.15) is 24.2 Å². The lowest BCUT2D eigenvalue weighted by Gasteiger charge is -2.11. The predicted octanol–water partition coefficient (Wildman–Crippen LogP) is 3.44. The average Bonchev–Trinajstić information content (AvgIpc) is 2.30. The first-order chi connectivity index (χ1) is 7.55. The highest BCUT2D eigenvalue weighted by Crippen LogP contribution is 2.36. The van der Waals surface area contributed by atoms with Gasteiger partial charge in [-0.2, -0.15) is 5.26 Å². The van der Waals surface area contributed by atoms with Gasteiger partial charge in [0.2, 0.25) is 0 Å². The van der Waals surface area contributed by atoms with Gasteiger partial charge in [0.05, 0.1) is 11.6 Å². The van der Waals surface area contributed by atoms with E-state index in [-0.39, 0.29) is 0 Å². The molecule has 0 fully saturated rings. The van der Waals surface area contributed by atoms with E-state index >= 15 is 0 Å². The molecule has 3 nitrogen and oxygen atoms in total. The molecule has 0 spiro atoms. The Morgan fingerprint density at radius 1 is 1.38 bits per heavy atom. The zero-order valence-electron chi connectivity index (χ0n) is 8.97. The second kappa shape index (κ2) is 5.83. The zero-order valence-corrected chi connectivity index (χ0v) is 10.6. The second-order valence-electron chi connectivity index (χ2n) is 3.51. The van der Waals surface area contributed by atoms with Gasteiger partial charge >= 0.3 is 5.97 Å². The molecule has 0 atom stereocenters. The average molecular weight is 253 g/mol. The van der Waals surface area contributed by atoms with E-state index in [1.807, 2.05) is 6.07 Å². The van der Waals surface area contributed by atoms with Crippen molar-refractivity contribution in [2.75, 3.05) is 0 Å². The Balaban J connectivity index is 2.41. The smallest absolute Gasteiger partial charge is 0.350 e. The molecule has 0 aliphatic rings. The predicted molar refractivity (Wildman–Crippen MR) is 66.7 cm³/mol. The fraction of sp³-hybridized carbons (Fsp3) is 0.273. The minimum atomic E-state index is -0.568. The lowest BCUT2D eigenvalue weighted by molar-refractivity contribution is 0.0771. The Labute approximate surface area is 103 Å². The fourth-order valence-corrected chi connectivity index (χ4v) is 2.08. The minimum Gasteiger partial charge on any atom is -0.376 e. The van der Waals surface area contributed by atoms with Crippen molar-refractivity contribution < 1.29 is 8.98 Å². The Morgan fingerprint density at radius 3 is 2.56 bits per heavy atom. The van der Waals surface area contributed by atoms with Gasteiger partial charge in [-0.05, 0) is 36.8 Å². The summed E-state index contributed by atoms with van der Waals surface area (Å²) >= 11 is 0.932. The van der Waals surface area contributed by atoms with Crippen LogP contribution in [0.2, 0.25) is 0 Å². The van der Waals surface area contributed by atoms with E-state index < -0.39 is 10.7 Å². The van der Waals surface area contributed by atoms with Gasteiger partial charge in [0, 0.05) is 0 Å². The number of nitriles is 1. The number of nitrogens with zero attached hydrogens (tertiary/aromatic N) is 1. The molecule has 0 saturated heterocycles. The van der Waals surface area contributed by atoms with Crippen LogP contribution in [0.4, 0.5) is 0 Å². The van der Waals surface area contributed by atoms with Crippen molar-refractivity contribution in [3.8, 4) is 6.07 Å². The first kappa shape index (κ1) is 12.9. The molecule has 84 valence electrons. The Hall–Kier alpha value is -1.12. The van der Waals surface area contributed by atoms with Crippen LogP contribution in [0.5, 0.6) is 0 Å². The van der Waals surface area contributed by atoms with Gasteiger partial charge in [-0.15, -0.1) is 0 Å². The van der Waals surface area contributed by atoms with Crippen LogP contribution in [-0.2, 0) is 4.18 Å². The third-order valence-corrected chi connectivity index (χ3v) is 4.08. The van der Waals surface area contributed by atoms with Crippen molar-refractivity contribution in [1.82, 2.24) is 0 Å². The quantitative estimate of drug-likeness (QED) is 0.607. The van der Waals surface area contributed by atoms with Crippen LogP contribution in [0.3, 0.4) is 0 Å². The molecule has 1 aromatic carbocycles. The molecule has 0 unspecified atom stereocenters. The molecule has 0 heterocycles. The van der Waals surface area contributed by atoms with Crippen LogP contribution in [-0.4, -0.2) is 10.7 Å². The first-order valence-corrected chi connectivity index (χ1v) is 6.65. The topological polar surface area (TPSA) is 50.1 Å². The first-order valence-electron chi connectivity index (χ1n) is 4.58. The minimum absolute atomic E-state index is 0.396. The number of hydrogen-bond acceptors (Lipinski definition) is 5. The van der Waals surface area contributed by atoms with Crippen molar-refractivity contribution in [3.63, 3.8) is 0 Å². The summed E-state index contributed by atoms with van der Waals surface area (Å²) in [5, 5.41) is 8.75. The third-order valence-electron chi connectivity index (χ3n) is 1.63.